The lowest BCUT2D eigenvalue weighted by Gasteiger charge is -2.07. The molecule has 10 heavy (non-hydrogen) atoms. The van der Waals surface area contributed by atoms with Gasteiger partial charge in [-0.1, -0.05) is 0 Å². The molecule has 0 aromatic rings. The third kappa shape index (κ3) is 3.29. The number of carbonyl (C=O) groups is 2. The Balaban J connectivity index is 3.83. The second-order valence-electron chi connectivity index (χ2n) is 1.59. The average molecular weight is 167 g/mol. The summed E-state index contributed by atoms with van der Waals surface area (Å²) >= 11 is 5.15. The van der Waals surface area contributed by atoms with Crippen molar-refractivity contribution in [3.8, 4) is 0 Å². The van der Waals surface area contributed by atoms with Gasteiger partial charge in [0.05, 0.1) is 5.88 Å². The zero-order chi connectivity index (χ0) is 8.15. The molecule has 0 aliphatic carbocycles. The van der Waals surface area contributed by atoms with Gasteiger partial charge < -0.3 is 9.84 Å². The Hall–Kier alpha value is -0.770. The summed E-state index contributed by atoms with van der Waals surface area (Å²) in [7, 11) is 0. The van der Waals surface area contributed by atoms with Gasteiger partial charge in [0.2, 0.25) is 6.10 Å². The smallest absolute Gasteiger partial charge is 0.346 e. The van der Waals surface area contributed by atoms with Gasteiger partial charge in [0.1, 0.15) is 0 Å². The van der Waals surface area contributed by atoms with Gasteiger partial charge in [0, 0.05) is 6.92 Å². The lowest BCUT2D eigenvalue weighted by Crippen LogP contribution is -2.27. The van der Waals surface area contributed by atoms with Crippen LogP contribution in [0.3, 0.4) is 0 Å². The first kappa shape index (κ1) is 9.23. The zero-order valence-corrected chi connectivity index (χ0v) is 6.09. The molecule has 0 aromatic heterocycles. The van der Waals surface area contributed by atoms with E-state index in [4.69, 9.17) is 16.7 Å². The highest BCUT2D eigenvalue weighted by Crippen LogP contribution is 1.95. The average Bonchev–Trinajstić information content (AvgIpc) is 1.81. The van der Waals surface area contributed by atoms with Crippen LogP contribution in [0.15, 0.2) is 0 Å². The minimum atomic E-state index is -1.23. The van der Waals surface area contributed by atoms with Crippen LogP contribution in [0, 0.1) is 0 Å². The van der Waals surface area contributed by atoms with Crippen molar-refractivity contribution in [3.63, 3.8) is 0 Å². The first-order valence-electron chi connectivity index (χ1n) is 2.54. The predicted octanol–water partition coefficient (Wildman–Crippen LogP) is 0.241. The molecule has 0 saturated carbocycles. The van der Waals surface area contributed by atoms with E-state index in [1.165, 1.54) is 0 Å². The van der Waals surface area contributed by atoms with E-state index in [-0.39, 0.29) is 5.88 Å². The van der Waals surface area contributed by atoms with Crippen LogP contribution < -0.4 is 0 Å². The summed E-state index contributed by atoms with van der Waals surface area (Å²) in [5, 5.41) is 8.26. The number of alkyl halides is 1. The molecule has 5 heteroatoms. The third-order valence-corrected chi connectivity index (χ3v) is 1.00. The first-order chi connectivity index (χ1) is 4.57. The number of carbonyl (C=O) groups excluding carboxylic acids is 1. The Bertz CT molecular complexity index is 145. The lowest BCUT2D eigenvalue weighted by atomic mass is 10.4. The van der Waals surface area contributed by atoms with Gasteiger partial charge in [-0.05, 0) is 0 Å². The maximum Gasteiger partial charge on any atom is 0.346 e. The summed E-state index contributed by atoms with van der Waals surface area (Å²) in [6.07, 6.45) is -1.22. The highest BCUT2D eigenvalue weighted by molar-refractivity contribution is 6.19. The molecule has 0 aromatic carbocycles. The Morgan fingerprint density at radius 3 is 2.30 bits per heavy atom. The molecule has 0 spiro atoms. The number of esters is 1. The summed E-state index contributed by atoms with van der Waals surface area (Å²) in [4.78, 5) is 20.3. The monoisotopic (exact) mass is 166 g/mol. The molecule has 0 rings (SSSR count). The van der Waals surface area contributed by atoms with E-state index in [2.05, 4.69) is 4.74 Å². The minimum absolute atomic E-state index is 0.227. The summed E-state index contributed by atoms with van der Waals surface area (Å²) in [6.45, 7) is 1.13. The summed E-state index contributed by atoms with van der Waals surface area (Å²) in [5.41, 5.74) is 0. The van der Waals surface area contributed by atoms with Crippen molar-refractivity contribution in [1.29, 1.82) is 0 Å². The lowest BCUT2D eigenvalue weighted by molar-refractivity contribution is -0.160. The minimum Gasteiger partial charge on any atom is -0.478 e. The van der Waals surface area contributed by atoms with Crippen molar-refractivity contribution in [3.05, 3.63) is 0 Å². The predicted molar refractivity (Wildman–Crippen MR) is 33.9 cm³/mol. The van der Waals surface area contributed by atoms with Gasteiger partial charge in [-0.15, -0.1) is 11.6 Å². The Kier molecular flexibility index (Phi) is 3.79. The van der Waals surface area contributed by atoms with Crippen molar-refractivity contribution < 1.29 is 19.4 Å². The molecule has 0 saturated heterocycles. The van der Waals surface area contributed by atoms with Gasteiger partial charge >= 0.3 is 11.9 Å². The largest absolute Gasteiger partial charge is 0.478 e. The van der Waals surface area contributed by atoms with E-state index in [9.17, 15) is 9.59 Å². The number of ether oxygens (including phenoxy) is 1. The Labute approximate surface area is 62.7 Å². The standard InChI is InChI=1S/C5H7ClO4/c1-3(7)10-4(2-6)5(8)9/h4H,2H2,1H3,(H,8,9)/t4-/m1/s1. The second kappa shape index (κ2) is 4.11. The fourth-order valence-corrected chi connectivity index (χ4v) is 0.543. The molecule has 0 radical (unpaired) electrons. The van der Waals surface area contributed by atoms with E-state index in [1.54, 1.807) is 0 Å². The molecule has 4 nitrogen and oxygen atoms in total. The van der Waals surface area contributed by atoms with Crippen LogP contribution in [0.1, 0.15) is 6.92 Å². The fourth-order valence-electron chi connectivity index (χ4n) is 0.348. The van der Waals surface area contributed by atoms with Crippen molar-refractivity contribution in [2.24, 2.45) is 0 Å². The van der Waals surface area contributed by atoms with Crippen LogP contribution in [0.4, 0.5) is 0 Å². The van der Waals surface area contributed by atoms with Crippen molar-refractivity contribution >= 4 is 23.5 Å². The van der Waals surface area contributed by atoms with Crippen LogP contribution in [0.25, 0.3) is 0 Å². The number of rotatable bonds is 3. The molecular weight excluding hydrogens is 160 g/mol. The van der Waals surface area contributed by atoms with E-state index < -0.39 is 18.0 Å². The number of carboxylic acids is 1. The molecule has 0 unspecified atom stereocenters. The summed E-state index contributed by atoms with van der Waals surface area (Å²) < 4.78 is 4.29. The molecule has 0 aliphatic heterocycles. The van der Waals surface area contributed by atoms with Crippen molar-refractivity contribution in [2.45, 2.75) is 13.0 Å². The molecule has 0 amide bonds. The van der Waals surface area contributed by atoms with Crippen LogP contribution in [-0.2, 0) is 14.3 Å². The van der Waals surface area contributed by atoms with E-state index in [0.717, 1.165) is 6.92 Å². The van der Waals surface area contributed by atoms with Crippen LogP contribution >= 0.6 is 11.6 Å². The van der Waals surface area contributed by atoms with E-state index in [0.29, 0.717) is 0 Å². The maximum absolute atomic E-state index is 10.2. The SMILES string of the molecule is CC(=O)O[C@H](CCl)C(=O)O. The number of carboxylic acid groups (broad SMARTS) is 1. The molecule has 0 fully saturated rings. The number of aliphatic carboxylic acids is 1. The molecular formula is C5H7ClO4. The zero-order valence-electron chi connectivity index (χ0n) is 5.33. The molecule has 0 aliphatic rings. The van der Waals surface area contributed by atoms with Gasteiger partial charge in [0.15, 0.2) is 0 Å². The molecule has 0 bridgehead atoms. The van der Waals surface area contributed by atoms with Crippen molar-refractivity contribution in [1.82, 2.24) is 0 Å². The van der Waals surface area contributed by atoms with Crippen LogP contribution in [0.2, 0.25) is 0 Å². The number of halogens is 1. The van der Waals surface area contributed by atoms with Crippen LogP contribution in [-0.4, -0.2) is 29.0 Å². The molecule has 1 atom stereocenters. The van der Waals surface area contributed by atoms with E-state index >= 15 is 0 Å². The number of hydrogen-bond acceptors (Lipinski definition) is 3. The Morgan fingerprint density at radius 1 is 1.70 bits per heavy atom. The molecule has 1 N–H and O–H groups in total. The third-order valence-electron chi connectivity index (χ3n) is 0.724. The van der Waals surface area contributed by atoms with Gasteiger partial charge in [0.25, 0.3) is 0 Å². The normalized spacial score (nSPS) is 12.2. The van der Waals surface area contributed by atoms with Gasteiger partial charge in [-0.2, -0.15) is 0 Å². The Morgan fingerprint density at radius 2 is 2.20 bits per heavy atom. The fraction of sp³-hybridized carbons (Fsp3) is 0.600. The molecule has 58 valence electrons. The van der Waals surface area contributed by atoms with E-state index in [1.807, 2.05) is 0 Å². The summed E-state index contributed by atoms with van der Waals surface area (Å²) in [6, 6.07) is 0. The first-order valence-corrected chi connectivity index (χ1v) is 3.07. The molecule has 0 heterocycles. The highest BCUT2D eigenvalue weighted by Gasteiger charge is 2.18. The van der Waals surface area contributed by atoms with Crippen molar-refractivity contribution in [2.75, 3.05) is 5.88 Å². The number of hydrogen-bond donors (Lipinski definition) is 1. The van der Waals surface area contributed by atoms with Gasteiger partial charge in [-0.25, -0.2) is 4.79 Å². The second-order valence-corrected chi connectivity index (χ2v) is 1.90. The highest BCUT2D eigenvalue weighted by atomic mass is 35.5. The van der Waals surface area contributed by atoms with Crippen LogP contribution in [0.5, 0.6) is 0 Å². The summed E-state index contributed by atoms with van der Waals surface area (Å²) in [5.74, 6) is -2.10. The quantitative estimate of drug-likeness (QED) is 0.482. The maximum atomic E-state index is 10.2. The topological polar surface area (TPSA) is 63.6 Å². The van der Waals surface area contributed by atoms with Gasteiger partial charge in [-0.3, -0.25) is 4.79 Å².